The molecule has 160 valence electrons. The van der Waals surface area contributed by atoms with E-state index in [2.05, 4.69) is 30.7 Å². The SMILES string of the molecule is CCNC(=NCc1nncn1C)NCC(c1ccc(F)cc1)N1CCOCC1.I. The Balaban J connectivity index is 0.00000300. The van der Waals surface area contributed by atoms with Gasteiger partial charge in [-0.15, -0.1) is 34.2 Å². The molecule has 1 fully saturated rings. The van der Waals surface area contributed by atoms with Crippen LogP contribution in [-0.4, -0.2) is 65.0 Å². The molecule has 29 heavy (non-hydrogen) atoms. The summed E-state index contributed by atoms with van der Waals surface area (Å²) >= 11 is 0. The van der Waals surface area contributed by atoms with E-state index in [1.165, 1.54) is 12.1 Å². The Morgan fingerprint density at radius 3 is 2.59 bits per heavy atom. The van der Waals surface area contributed by atoms with Crippen LogP contribution in [0.3, 0.4) is 0 Å². The number of guanidine groups is 1. The van der Waals surface area contributed by atoms with Gasteiger partial charge in [-0.3, -0.25) is 4.90 Å². The van der Waals surface area contributed by atoms with E-state index < -0.39 is 0 Å². The largest absolute Gasteiger partial charge is 0.379 e. The lowest BCUT2D eigenvalue weighted by atomic mass is 10.0. The van der Waals surface area contributed by atoms with Gasteiger partial charge < -0.3 is 19.9 Å². The summed E-state index contributed by atoms with van der Waals surface area (Å²) < 4.78 is 20.7. The normalized spacial score (nSPS) is 16.2. The van der Waals surface area contributed by atoms with E-state index in [1.54, 1.807) is 6.33 Å². The van der Waals surface area contributed by atoms with Gasteiger partial charge in [0.05, 0.1) is 19.3 Å². The Morgan fingerprint density at radius 2 is 1.97 bits per heavy atom. The lowest BCUT2D eigenvalue weighted by molar-refractivity contribution is 0.0170. The van der Waals surface area contributed by atoms with E-state index in [9.17, 15) is 4.39 Å². The van der Waals surface area contributed by atoms with Crippen molar-refractivity contribution >= 4 is 29.9 Å². The van der Waals surface area contributed by atoms with E-state index in [0.717, 1.165) is 31.0 Å². The van der Waals surface area contributed by atoms with Gasteiger partial charge in [0.2, 0.25) is 0 Å². The van der Waals surface area contributed by atoms with Crippen molar-refractivity contribution in [2.24, 2.45) is 12.0 Å². The van der Waals surface area contributed by atoms with Crippen molar-refractivity contribution in [1.82, 2.24) is 30.3 Å². The molecule has 0 spiro atoms. The standard InChI is InChI=1S/C19H28FN7O.HI/c1-3-21-19(23-13-18-25-24-14-26(18)2)22-12-17(27-8-10-28-11-9-27)15-4-6-16(20)7-5-15;/h4-7,14,17H,3,8-13H2,1-2H3,(H2,21,22,23);1H. The molecule has 0 radical (unpaired) electrons. The molecule has 1 atom stereocenters. The van der Waals surface area contributed by atoms with Crippen molar-refractivity contribution in [2.75, 3.05) is 39.4 Å². The molecule has 0 aliphatic carbocycles. The lowest BCUT2D eigenvalue weighted by Crippen LogP contribution is -2.46. The average molecular weight is 517 g/mol. The number of benzene rings is 1. The first kappa shape index (κ1) is 23.5. The summed E-state index contributed by atoms with van der Waals surface area (Å²) in [5, 5.41) is 14.6. The molecular weight excluding hydrogens is 488 g/mol. The second-order valence-corrected chi connectivity index (χ2v) is 6.65. The van der Waals surface area contributed by atoms with Gasteiger partial charge in [-0.1, -0.05) is 12.1 Å². The monoisotopic (exact) mass is 517 g/mol. The zero-order valence-corrected chi connectivity index (χ0v) is 19.2. The summed E-state index contributed by atoms with van der Waals surface area (Å²) in [5.74, 6) is 1.28. The van der Waals surface area contributed by atoms with E-state index in [-0.39, 0.29) is 35.8 Å². The number of aromatic nitrogens is 3. The summed E-state index contributed by atoms with van der Waals surface area (Å²) in [6.07, 6.45) is 1.66. The molecule has 0 bridgehead atoms. The maximum Gasteiger partial charge on any atom is 0.191 e. The van der Waals surface area contributed by atoms with Crippen molar-refractivity contribution in [3.8, 4) is 0 Å². The molecule has 2 N–H and O–H groups in total. The zero-order valence-electron chi connectivity index (χ0n) is 16.8. The molecule has 8 nitrogen and oxygen atoms in total. The van der Waals surface area contributed by atoms with Gasteiger partial charge in [-0.25, -0.2) is 9.38 Å². The van der Waals surface area contributed by atoms with Crippen LogP contribution in [0.5, 0.6) is 0 Å². The highest BCUT2D eigenvalue weighted by Crippen LogP contribution is 2.21. The minimum atomic E-state index is -0.226. The molecule has 2 aromatic rings. The number of nitrogens with one attached hydrogen (secondary N) is 2. The van der Waals surface area contributed by atoms with Crippen LogP contribution in [-0.2, 0) is 18.3 Å². The number of halogens is 2. The van der Waals surface area contributed by atoms with Crippen LogP contribution in [0.2, 0.25) is 0 Å². The minimum Gasteiger partial charge on any atom is -0.379 e. The molecule has 10 heteroatoms. The number of aryl methyl sites for hydroxylation is 1. The molecule has 1 aliphatic rings. The molecule has 3 rings (SSSR count). The maximum atomic E-state index is 13.4. The number of hydrogen-bond donors (Lipinski definition) is 2. The summed E-state index contributed by atoms with van der Waals surface area (Å²) in [6, 6.07) is 6.82. The van der Waals surface area contributed by atoms with E-state index in [1.807, 2.05) is 30.7 Å². The number of nitrogens with zero attached hydrogens (tertiary/aromatic N) is 5. The summed E-state index contributed by atoms with van der Waals surface area (Å²) in [7, 11) is 1.90. The fraction of sp³-hybridized carbons (Fsp3) is 0.526. The van der Waals surface area contributed by atoms with Gasteiger partial charge in [0.1, 0.15) is 18.7 Å². The number of rotatable bonds is 7. The topological polar surface area (TPSA) is 79.6 Å². The Labute approximate surface area is 188 Å². The van der Waals surface area contributed by atoms with Crippen molar-refractivity contribution in [3.63, 3.8) is 0 Å². The second kappa shape index (κ2) is 12.0. The molecule has 1 unspecified atom stereocenters. The van der Waals surface area contributed by atoms with Crippen LogP contribution >= 0.6 is 24.0 Å². The van der Waals surface area contributed by atoms with Crippen LogP contribution in [0.4, 0.5) is 4.39 Å². The van der Waals surface area contributed by atoms with Gasteiger partial charge in [0.25, 0.3) is 0 Å². The second-order valence-electron chi connectivity index (χ2n) is 6.65. The van der Waals surface area contributed by atoms with Crippen LogP contribution < -0.4 is 10.6 Å². The summed E-state index contributed by atoms with van der Waals surface area (Å²) in [4.78, 5) is 6.97. The van der Waals surface area contributed by atoms with Crippen LogP contribution in [0, 0.1) is 5.82 Å². The highest BCUT2D eigenvalue weighted by Gasteiger charge is 2.23. The smallest absolute Gasteiger partial charge is 0.191 e. The molecule has 1 aromatic carbocycles. The molecule has 1 saturated heterocycles. The first-order chi connectivity index (χ1) is 13.7. The van der Waals surface area contributed by atoms with Crippen molar-refractivity contribution in [3.05, 3.63) is 47.8 Å². The molecule has 2 heterocycles. The molecule has 0 amide bonds. The predicted octanol–water partition coefficient (Wildman–Crippen LogP) is 1.70. The average Bonchev–Trinajstić information content (AvgIpc) is 3.13. The fourth-order valence-corrected chi connectivity index (χ4v) is 3.17. The number of hydrogen-bond acceptors (Lipinski definition) is 5. The predicted molar refractivity (Wildman–Crippen MR) is 121 cm³/mol. The van der Waals surface area contributed by atoms with E-state index >= 15 is 0 Å². The van der Waals surface area contributed by atoms with Crippen molar-refractivity contribution in [2.45, 2.75) is 19.5 Å². The molecule has 0 saturated carbocycles. The van der Waals surface area contributed by atoms with Gasteiger partial charge in [-0.05, 0) is 24.6 Å². The number of morpholine rings is 1. The van der Waals surface area contributed by atoms with Gasteiger partial charge in [-0.2, -0.15) is 0 Å². The van der Waals surface area contributed by atoms with E-state index in [4.69, 9.17) is 4.74 Å². The van der Waals surface area contributed by atoms with Crippen molar-refractivity contribution in [1.29, 1.82) is 0 Å². The summed E-state index contributed by atoms with van der Waals surface area (Å²) in [6.45, 7) is 6.96. The minimum absolute atomic E-state index is 0. The number of ether oxygens (including phenoxy) is 1. The quantitative estimate of drug-likeness (QED) is 0.331. The lowest BCUT2D eigenvalue weighted by Gasteiger charge is -2.35. The third-order valence-corrected chi connectivity index (χ3v) is 4.73. The van der Waals surface area contributed by atoms with Gasteiger partial charge >= 0.3 is 0 Å². The molecule has 1 aromatic heterocycles. The molecule has 1 aliphatic heterocycles. The third kappa shape index (κ3) is 6.89. The number of aliphatic imine (C=N–C) groups is 1. The maximum absolute atomic E-state index is 13.4. The highest BCUT2D eigenvalue weighted by atomic mass is 127. The van der Waals surface area contributed by atoms with Gasteiger partial charge in [0, 0.05) is 33.2 Å². The molecular formula is C19H29FIN7O. The Bertz CT molecular complexity index is 762. The van der Waals surface area contributed by atoms with Crippen LogP contribution in [0.15, 0.2) is 35.6 Å². The Kier molecular flexibility index (Phi) is 9.74. The summed E-state index contributed by atoms with van der Waals surface area (Å²) in [5.41, 5.74) is 1.07. The Morgan fingerprint density at radius 1 is 1.24 bits per heavy atom. The van der Waals surface area contributed by atoms with Crippen molar-refractivity contribution < 1.29 is 9.13 Å². The van der Waals surface area contributed by atoms with Gasteiger partial charge in [0.15, 0.2) is 11.8 Å². The van der Waals surface area contributed by atoms with Crippen LogP contribution in [0.25, 0.3) is 0 Å². The highest BCUT2D eigenvalue weighted by molar-refractivity contribution is 14.0. The third-order valence-electron chi connectivity index (χ3n) is 4.73. The fourth-order valence-electron chi connectivity index (χ4n) is 3.17. The zero-order chi connectivity index (χ0) is 19.8. The van der Waals surface area contributed by atoms with E-state index in [0.29, 0.717) is 32.3 Å². The first-order valence-corrected chi connectivity index (χ1v) is 9.59. The van der Waals surface area contributed by atoms with Crippen LogP contribution in [0.1, 0.15) is 24.4 Å². The Hall–Kier alpha value is -1.79. The first-order valence-electron chi connectivity index (χ1n) is 9.59.